The van der Waals surface area contributed by atoms with Crippen molar-refractivity contribution < 1.29 is 17.6 Å². The number of aromatic nitrogens is 2. The summed E-state index contributed by atoms with van der Waals surface area (Å²) in [7, 11) is -3.38. The van der Waals surface area contributed by atoms with Gasteiger partial charge in [-0.3, -0.25) is 9.36 Å². The van der Waals surface area contributed by atoms with E-state index in [-0.39, 0.29) is 16.6 Å². The highest BCUT2D eigenvalue weighted by atomic mass is 32.2. The minimum atomic E-state index is -3.38. The molecule has 0 fully saturated rings. The van der Waals surface area contributed by atoms with Gasteiger partial charge in [0.2, 0.25) is 0 Å². The van der Waals surface area contributed by atoms with Gasteiger partial charge >= 0.3 is 0 Å². The Kier molecular flexibility index (Phi) is 5.89. The fraction of sp³-hybridized carbons (Fsp3) is 0.0714. The summed E-state index contributed by atoms with van der Waals surface area (Å²) in [5.41, 5.74) is 4.56. The second kappa shape index (κ2) is 9.05. The van der Waals surface area contributed by atoms with Gasteiger partial charge in [0.25, 0.3) is 5.91 Å². The molecule has 0 aliphatic heterocycles. The van der Waals surface area contributed by atoms with E-state index in [4.69, 9.17) is 0 Å². The van der Waals surface area contributed by atoms with E-state index < -0.39 is 9.84 Å². The number of aryl methyl sites for hydroxylation is 1. The van der Waals surface area contributed by atoms with E-state index in [0.29, 0.717) is 16.8 Å². The number of amides is 1. The molecule has 0 unspecified atom stereocenters. The first-order chi connectivity index (χ1) is 17.2. The summed E-state index contributed by atoms with van der Waals surface area (Å²) in [6, 6.07) is 25.2. The number of hydrogen-bond acceptors (Lipinski definition) is 4. The van der Waals surface area contributed by atoms with Gasteiger partial charge in [0, 0.05) is 28.8 Å². The fourth-order valence-electron chi connectivity index (χ4n) is 4.22. The van der Waals surface area contributed by atoms with E-state index in [1.54, 1.807) is 78.9 Å². The molecule has 180 valence electrons. The van der Waals surface area contributed by atoms with Gasteiger partial charge in [-0.25, -0.2) is 17.8 Å². The van der Waals surface area contributed by atoms with E-state index in [9.17, 15) is 17.6 Å². The molecule has 0 saturated carbocycles. The zero-order valence-electron chi connectivity index (χ0n) is 19.6. The highest BCUT2D eigenvalue weighted by Crippen LogP contribution is 2.29. The first kappa shape index (κ1) is 23.4. The van der Waals surface area contributed by atoms with Crippen molar-refractivity contribution in [2.45, 2.75) is 11.8 Å². The lowest BCUT2D eigenvalue weighted by atomic mass is 10.1. The maximum atomic E-state index is 13.4. The van der Waals surface area contributed by atoms with Gasteiger partial charge in [0.05, 0.1) is 15.9 Å². The molecule has 36 heavy (non-hydrogen) atoms. The molecular formula is C28H22FN3O3S. The van der Waals surface area contributed by atoms with Crippen LogP contribution in [0, 0.1) is 12.7 Å². The standard InChI is InChI=1S/C28H22FN3O3S/c1-18-30-25-16-9-20(17-26(25)32(18)23-14-10-21(29)11-15-23)28(33)31-22-12-7-19(8-13-22)24-5-3-4-6-27(24)36(2,34)35/h3-17H,1-2H3,(H,31,33). The molecule has 1 aromatic heterocycles. The molecule has 1 heterocycles. The van der Waals surface area contributed by atoms with Crippen LogP contribution in [0.25, 0.3) is 27.8 Å². The summed E-state index contributed by atoms with van der Waals surface area (Å²) in [6.07, 6.45) is 1.18. The van der Waals surface area contributed by atoms with Gasteiger partial charge in [0.1, 0.15) is 11.6 Å². The Balaban J connectivity index is 1.42. The van der Waals surface area contributed by atoms with E-state index in [0.717, 1.165) is 28.1 Å². The quantitative estimate of drug-likeness (QED) is 0.332. The van der Waals surface area contributed by atoms with Crippen LogP contribution in [0.5, 0.6) is 0 Å². The molecule has 8 heteroatoms. The summed E-state index contributed by atoms with van der Waals surface area (Å²) in [5, 5.41) is 2.88. The smallest absolute Gasteiger partial charge is 0.255 e. The molecule has 0 aliphatic rings. The van der Waals surface area contributed by atoms with Crippen molar-refractivity contribution in [1.82, 2.24) is 9.55 Å². The number of imidazole rings is 1. The van der Waals surface area contributed by atoms with Crippen molar-refractivity contribution in [3.8, 4) is 16.8 Å². The number of fused-ring (bicyclic) bond motifs is 1. The molecule has 0 spiro atoms. The van der Waals surface area contributed by atoms with Crippen LogP contribution in [-0.4, -0.2) is 30.1 Å². The zero-order chi connectivity index (χ0) is 25.4. The Hall–Kier alpha value is -4.30. The maximum absolute atomic E-state index is 13.4. The van der Waals surface area contributed by atoms with Crippen molar-refractivity contribution >= 4 is 32.5 Å². The minimum absolute atomic E-state index is 0.253. The number of halogens is 1. The van der Waals surface area contributed by atoms with Gasteiger partial charge < -0.3 is 5.32 Å². The predicted molar refractivity (Wildman–Crippen MR) is 139 cm³/mol. The van der Waals surface area contributed by atoms with E-state index in [2.05, 4.69) is 10.3 Å². The fourth-order valence-corrected chi connectivity index (χ4v) is 5.13. The molecule has 5 aromatic rings. The second-order valence-electron chi connectivity index (χ2n) is 8.47. The molecule has 1 N–H and O–H groups in total. The number of hydrogen-bond donors (Lipinski definition) is 1. The average Bonchev–Trinajstić information content (AvgIpc) is 3.19. The lowest BCUT2D eigenvalue weighted by molar-refractivity contribution is 0.102. The third-order valence-corrected chi connectivity index (χ3v) is 7.06. The van der Waals surface area contributed by atoms with Crippen molar-refractivity contribution in [2.24, 2.45) is 0 Å². The van der Waals surface area contributed by atoms with Crippen LogP contribution in [0.2, 0.25) is 0 Å². The van der Waals surface area contributed by atoms with Crippen LogP contribution in [0.4, 0.5) is 10.1 Å². The molecular weight excluding hydrogens is 477 g/mol. The molecule has 0 radical (unpaired) electrons. The van der Waals surface area contributed by atoms with Gasteiger partial charge in [-0.2, -0.15) is 0 Å². The van der Waals surface area contributed by atoms with Crippen molar-refractivity contribution in [3.05, 3.63) is 108 Å². The first-order valence-electron chi connectivity index (χ1n) is 11.2. The molecule has 4 aromatic carbocycles. The van der Waals surface area contributed by atoms with Crippen molar-refractivity contribution in [1.29, 1.82) is 0 Å². The molecule has 6 nitrogen and oxygen atoms in total. The average molecular weight is 500 g/mol. The lowest BCUT2D eigenvalue weighted by Gasteiger charge is -2.10. The van der Waals surface area contributed by atoms with E-state index in [1.807, 2.05) is 11.5 Å². The van der Waals surface area contributed by atoms with Gasteiger partial charge in [-0.05, 0) is 73.2 Å². The lowest BCUT2D eigenvalue weighted by Crippen LogP contribution is -2.12. The highest BCUT2D eigenvalue weighted by Gasteiger charge is 2.15. The Morgan fingerprint density at radius 1 is 0.917 bits per heavy atom. The van der Waals surface area contributed by atoms with E-state index >= 15 is 0 Å². The largest absolute Gasteiger partial charge is 0.322 e. The molecule has 0 aliphatic carbocycles. The van der Waals surface area contributed by atoms with Gasteiger partial charge in [-0.1, -0.05) is 30.3 Å². The molecule has 0 atom stereocenters. The second-order valence-corrected chi connectivity index (χ2v) is 10.5. The summed E-state index contributed by atoms with van der Waals surface area (Å²) in [6.45, 7) is 1.85. The summed E-state index contributed by atoms with van der Waals surface area (Å²) < 4.78 is 39.6. The molecule has 5 rings (SSSR count). The Morgan fingerprint density at radius 3 is 2.31 bits per heavy atom. The number of anilines is 1. The third kappa shape index (κ3) is 4.50. The van der Waals surface area contributed by atoms with Crippen molar-refractivity contribution in [2.75, 3.05) is 11.6 Å². The number of carbonyl (C=O) groups is 1. The van der Waals surface area contributed by atoms with Gasteiger partial charge in [0.15, 0.2) is 9.84 Å². The topological polar surface area (TPSA) is 81.1 Å². The predicted octanol–water partition coefficient (Wildman–Crippen LogP) is 5.80. The Morgan fingerprint density at radius 2 is 1.61 bits per heavy atom. The molecule has 1 amide bonds. The number of rotatable bonds is 5. The number of sulfone groups is 1. The first-order valence-corrected chi connectivity index (χ1v) is 13.1. The van der Waals surface area contributed by atoms with Crippen LogP contribution in [0.1, 0.15) is 16.2 Å². The number of nitrogens with zero attached hydrogens (tertiary/aromatic N) is 2. The number of benzene rings is 4. The van der Waals surface area contributed by atoms with Crippen molar-refractivity contribution in [3.63, 3.8) is 0 Å². The van der Waals surface area contributed by atoms with E-state index in [1.165, 1.54) is 18.4 Å². The van der Waals surface area contributed by atoms with Crippen LogP contribution in [0.3, 0.4) is 0 Å². The van der Waals surface area contributed by atoms with Crippen LogP contribution in [-0.2, 0) is 9.84 Å². The molecule has 0 saturated heterocycles. The van der Waals surface area contributed by atoms with Crippen LogP contribution in [0.15, 0.2) is 95.9 Å². The Labute approximate surface area is 208 Å². The summed E-state index contributed by atoms with van der Waals surface area (Å²) in [4.78, 5) is 17.8. The Bertz CT molecular complexity index is 1710. The zero-order valence-corrected chi connectivity index (χ0v) is 20.4. The SMILES string of the molecule is Cc1nc2ccc(C(=O)Nc3ccc(-c4ccccc4S(C)(=O)=O)cc3)cc2n1-c1ccc(F)cc1. The summed E-state index contributed by atoms with van der Waals surface area (Å²) >= 11 is 0. The van der Waals surface area contributed by atoms with Crippen LogP contribution < -0.4 is 5.32 Å². The minimum Gasteiger partial charge on any atom is -0.322 e. The van der Waals surface area contributed by atoms with Gasteiger partial charge in [-0.15, -0.1) is 0 Å². The number of nitrogens with one attached hydrogen (secondary N) is 1. The highest BCUT2D eigenvalue weighted by molar-refractivity contribution is 7.90. The monoisotopic (exact) mass is 499 g/mol. The van der Waals surface area contributed by atoms with Crippen LogP contribution >= 0.6 is 0 Å². The third-order valence-electron chi connectivity index (χ3n) is 5.91. The normalized spacial score (nSPS) is 11.5. The maximum Gasteiger partial charge on any atom is 0.255 e. The molecule has 0 bridgehead atoms. The number of carbonyl (C=O) groups excluding carboxylic acids is 1. The summed E-state index contributed by atoms with van der Waals surface area (Å²) in [5.74, 6) is 0.0940.